The standard InChI is InChI=1S/C32H19N3O7/c1-35-22-11-10-20(33-17-6-4-5-15(13-17)31(38)39)25-26(22)24(18-7-2-3-8-19(18)28(25)36)27(30(35)37)29-34-21-14-16(32(40)41)9-12-23(21)42-29/h2-14,33H,1H3,(H,38,39)(H,40,41). The zero-order valence-corrected chi connectivity index (χ0v) is 21.8. The number of pyridine rings is 1. The molecule has 0 bridgehead atoms. The van der Waals surface area contributed by atoms with Crippen molar-refractivity contribution in [1.29, 1.82) is 0 Å². The van der Waals surface area contributed by atoms with E-state index in [1.165, 1.54) is 34.9 Å². The Kier molecular flexibility index (Phi) is 5.35. The second-order valence-electron chi connectivity index (χ2n) is 9.89. The fourth-order valence-electron chi connectivity index (χ4n) is 5.53. The highest BCUT2D eigenvalue weighted by Gasteiger charge is 2.33. The Morgan fingerprint density at radius 3 is 2.31 bits per heavy atom. The Morgan fingerprint density at radius 1 is 0.810 bits per heavy atom. The van der Waals surface area contributed by atoms with Gasteiger partial charge in [-0.3, -0.25) is 9.59 Å². The van der Waals surface area contributed by atoms with Gasteiger partial charge in [-0.2, -0.15) is 0 Å². The summed E-state index contributed by atoms with van der Waals surface area (Å²) in [6.45, 7) is 0. The lowest BCUT2D eigenvalue weighted by atomic mass is 9.81. The van der Waals surface area contributed by atoms with Gasteiger partial charge in [-0.05, 0) is 54.1 Å². The van der Waals surface area contributed by atoms with Gasteiger partial charge in [0.05, 0.1) is 27.9 Å². The van der Waals surface area contributed by atoms with Crippen LogP contribution in [0, 0.1) is 0 Å². The zero-order valence-electron chi connectivity index (χ0n) is 21.8. The summed E-state index contributed by atoms with van der Waals surface area (Å²) in [6.07, 6.45) is 0. The number of hydrogen-bond donors (Lipinski definition) is 3. The monoisotopic (exact) mass is 557 g/mol. The molecule has 6 aromatic rings. The van der Waals surface area contributed by atoms with E-state index in [-0.39, 0.29) is 33.9 Å². The number of oxazole rings is 1. The highest BCUT2D eigenvalue weighted by molar-refractivity contribution is 6.29. The minimum absolute atomic E-state index is 0.00679. The molecular weight excluding hydrogens is 538 g/mol. The number of aryl methyl sites for hydroxylation is 1. The van der Waals surface area contributed by atoms with Crippen molar-refractivity contribution >= 4 is 51.1 Å². The van der Waals surface area contributed by atoms with Gasteiger partial charge < -0.3 is 24.5 Å². The SMILES string of the molecule is Cn1c(=O)c(-c2nc3cc(C(=O)O)ccc3o2)c2c3c(c(Nc4cccc(C(=O)O)c4)ccc31)C(=O)c1ccccc1-2. The first-order valence-corrected chi connectivity index (χ1v) is 12.8. The van der Waals surface area contributed by atoms with Crippen molar-refractivity contribution in [2.75, 3.05) is 5.32 Å². The van der Waals surface area contributed by atoms with Gasteiger partial charge in [0, 0.05) is 29.2 Å². The van der Waals surface area contributed by atoms with Crippen LogP contribution in [0.1, 0.15) is 36.6 Å². The average Bonchev–Trinajstić information content (AvgIpc) is 3.41. The summed E-state index contributed by atoms with van der Waals surface area (Å²) in [5.74, 6) is -2.48. The van der Waals surface area contributed by atoms with E-state index in [0.29, 0.717) is 50.1 Å². The zero-order chi connectivity index (χ0) is 29.3. The molecule has 0 fully saturated rings. The lowest BCUT2D eigenvalue weighted by Gasteiger charge is -2.25. The van der Waals surface area contributed by atoms with Gasteiger partial charge in [0.1, 0.15) is 11.1 Å². The van der Waals surface area contributed by atoms with E-state index >= 15 is 0 Å². The minimum Gasteiger partial charge on any atom is -0.478 e. The van der Waals surface area contributed by atoms with E-state index in [2.05, 4.69) is 10.3 Å². The number of nitrogens with zero attached hydrogens (tertiary/aromatic N) is 2. The van der Waals surface area contributed by atoms with E-state index in [1.54, 1.807) is 55.6 Å². The van der Waals surface area contributed by atoms with Crippen molar-refractivity contribution in [1.82, 2.24) is 9.55 Å². The molecule has 0 saturated heterocycles. The lowest BCUT2D eigenvalue weighted by molar-refractivity contribution is 0.0686. The summed E-state index contributed by atoms with van der Waals surface area (Å²) >= 11 is 0. The van der Waals surface area contributed by atoms with Gasteiger partial charge in [-0.15, -0.1) is 0 Å². The number of aromatic carboxylic acids is 2. The Labute approximate surface area is 236 Å². The van der Waals surface area contributed by atoms with E-state index in [1.807, 2.05) is 0 Å². The first kappa shape index (κ1) is 25.0. The van der Waals surface area contributed by atoms with E-state index in [4.69, 9.17) is 4.42 Å². The minimum atomic E-state index is -1.12. The topological polar surface area (TPSA) is 152 Å². The second kappa shape index (κ2) is 9.00. The predicted octanol–water partition coefficient (Wildman–Crippen LogP) is 5.70. The van der Waals surface area contributed by atoms with Crippen molar-refractivity contribution in [2.24, 2.45) is 7.05 Å². The molecule has 0 aliphatic heterocycles. The summed E-state index contributed by atoms with van der Waals surface area (Å²) in [4.78, 5) is 55.6. The molecule has 7 rings (SSSR count). The molecule has 0 unspecified atom stereocenters. The molecule has 2 heterocycles. The Morgan fingerprint density at radius 2 is 1.55 bits per heavy atom. The van der Waals surface area contributed by atoms with Gasteiger partial charge in [0.25, 0.3) is 5.56 Å². The summed E-state index contributed by atoms with van der Waals surface area (Å²) in [5, 5.41) is 22.6. The molecular formula is C32H19N3O7. The third-order valence-electron chi connectivity index (χ3n) is 7.47. The maximum absolute atomic E-state index is 14.1. The number of aromatic nitrogens is 2. The number of carboxylic acids is 2. The molecule has 4 aromatic carbocycles. The fourth-order valence-corrected chi connectivity index (χ4v) is 5.53. The number of nitrogens with one attached hydrogen (secondary N) is 1. The number of ketones is 1. The van der Waals surface area contributed by atoms with Crippen LogP contribution in [0.25, 0.3) is 44.6 Å². The molecule has 10 heteroatoms. The van der Waals surface area contributed by atoms with Gasteiger partial charge >= 0.3 is 11.9 Å². The molecule has 1 aliphatic rings. The maximum Gasteiger partial charge on any atom is 0.335 e. The van der Waals surface area contributed by atoms with Crippen molar-refractivity contribution in [2.45, 2.75) is 0 Å². The van der Waals surface area contributed by atoms with E-state index in [9.17, 15) is 29.4 Å². The Bertz CT molecular complexity index is 2240. The number of carbonyl (C=O) groups is 3. The first-order chi connectivity index (χ1) is 20.2. The van der Waals surface area contributed by atoms with Crippen molar-refractivity contribution in [3.63, 3.8) is 0 Å². The number of rotatable bonds is 5. The quantitative estimate of drug-likeness (QED) is 0.242. The van der Waals surface area contributed by atoms with Crippen LogP contribution in [0.5, 0.6) is 0 Å². The van der Waals surface area contributed by atoms with Crippen LogP contribution in [0.15, 0.2) is 88.1 Å². The molecule has 10 nitrogen and oxygen atoms in total. The highest BCUT2D eigenvalue weighted by atomic mass is 16.4. The summed E-state index contributed by atoms with van der Waals surface area (Å²) < 4.78 is 7.43. The highest BCUT2D eigenvalue weighted by Crippen LogP contribution is 2.46. The summed E-state index contributed by atoms with van der Waals surface area (Å²) in [7, 11) is 1.59. The summed E-state index contributed by atoms with van der Waals surface area (Å²) in [6, 6.07) is 20.9. The maximum atomic E-state index is 14.1. The molecule has 3 N–H and O–H groups in total. The number of carboxylic acid groups (broad SMARTS) is 2. The largest absolute Gasteiger partial charge is 0.478 e. The number of hydrogen-bond acceptors (Lipinski definition) is 7. The van der Waals surface area contributed by atoms with E-state index < -0.39 is 17.5 Å². The summed E-state index contributed by atoms with van der Waals surface area (Å²) in [5.41, 5.74) is 3.49. The van der Waals surface area contributed by atoms with Crippen LogP contribution in [-0.4, -0.2) is 37.5 Å². The molecule has 1 aliphatic carbocycles. The van der Waals surface area contributed by atoms with Crippen LogP contribution >= 0.6 is 0 Å². The van der Waals surface area contributed by atoms with Crippen molar-refractivity contribution in [3.8, 4) is 22.6 Å². The van der Waals surface area contributed by atoms with Crippen LogP contribution in [-0.2, 0) is 7.05 Å². The first-order valence-electron chi connectivity index (χ1n) is 12.8. The normalized spacial score (nSPS) is 12.0. The molecule has 0 radical (unpaired) electrons. The lowest BCUT2D eigenvalue weighted by Crippen LogP contribution is -2.24. The predicted molar refractivity (Wildman–Crippen MR) is 155 cm³/mol. The van der Waals surface area contributed by atoms with Gasteiger partial charge in [0.15, 0.2) is 11.4 Å². The molecule has 0 atom stereocenters. The number of benzene rings is 4. The number of fused-ring (bicyclic) bond motifs is 3. The molecule has 204 valence electrons. The molecule has 2 aromatic heterocycles. The molecule has 0 spiro atoms. The van der Waals surface area contributed by atoms with Gasteiger partial charge in [-0.1, -0.05) is 30.3 Å². The molecule has 42 heavy (non-hydrogen) atoms. The third-order valence-corrected chi connectivity index (χ3v) is 7.47. The average molecular weight is 558 g/mol. The van der Waals surface area contributed by atoms with Crippen LogP contribution in [0.3, 0.4) is 0 Å². The smallest absolute Gasteiger partial charge is 0.335 e. The fraction of sp³-hybridized carbons (Fsp3) is 0.0312. The van der Waals surface area contributed by atoms with Gasteiger partial charge in [0.2, 0.25) is 5.89 Å². The van der Waals surface area contributed by atoms with Crippen LogP contribution in [0.4, 0.5) is 11.4 Å². The van der Waals surface area contributed by atoms with Crippen LogP contribution in [0.2, 0.25) is 0 Å². The van der Waals surface area contributed by atoms with Gasteiger partial charge in [-0.25, -0.2) is 14.6 Å². The Hall–Kier alpha value is -6.03. The molecule has 0 amide bonds. The second-order valence-corrected chi connectivity index (χ2v) is 9.89. The number of carbonyl (C=O) groups excluding carboxylic acids is 1. The Balaban J connectivity index is 1.55. The van der Waals surface area contributed by atoms with Crippen molar-refractivity contribution in [3.05, 3.63) is 111 Å². The van der Waals surface area contributed by atoms with E-state index in [0.717, 1.165) is 0 Å². The van der Waals surface area contributed by atoms with Crippen LogP contribution < -0.4 is 10.9 Å². The third kappa shape index (κ3) is 3.62. The molecule has 0 saturated carbocycles. The number of anilines is 2. The van der Waals surface area contributed by atoms with Crippen molar-refractivity contribution < 1.29 is 29.0 Å².